The second-order valence-electron chi connectivity index (χ2n) is 5.77. The van der Waals surface area contributed by atoms with Crippen LogP contribution in [0.4, 0.5) is 0 Å². The zero-order chi connectivity index (χ0) is 18.1. The molecule has 0 radical (unpaired) electrons. The third-order valence-corrected chi connectivity index (χ3v) is 3.68. The molecule has 0 saturated carbocycles. The number of esters is 1. The molecule has 0 aromatic rings. The number of hydrogen-bond acceptors (Lipinski definition) is 6. The Kier molecular flexibility index (Phi) is 8.08. The van der Waals surface area contributed by atoms with Crippen molar-refractivity contribution in [2.24, 2.45) is 0 Å². The zero-order valence-corrected chi connectivity index (χ0v) is 14.5. The van der Waals surface area contributed by atoms with Crippen molar-refractivity contribution < 1.29 is 28.5 Å². The van der Waals surface area contributed by atoms with Gasteiger partial charge in [-0.25, -0.2) is 0 Å². The van der Waals surface area contributed by atoms with Gasteiger partial charge in [-0.15, -0.1) is 13.2 Å². The van der Waals surface area contributed by atoms with Crippen molar-refractivity contribution in [3.05, 3.63) is 49.6 Å². The third kappa shape index (κ3) is 6.59. The van der Waals surface area contributed by atoms with Crippen LogP contribution in [0, 0.1) is 0 Å². The van der Waals surface area contributed by atoms with Crippen molar-refractivity contribution in [3.63, 3.8) is 0 Å². The summed E-state index contributed by atoms with van der Waals surface area (Å²) in [5, 5.41) is 0. The van der Waals surface area contributed by atoms with E-state index in [0.717, 1.165) is 0 Å². The van der Waals surface area contributed by atoms with E-state index >= 15 is 0 Å². The van der Waals surface area contributed by atoms with Gasteiger partial charge in [0, 0.05) is 6.42 Å². The van der Waals surface area contributed by atoms with Crippen LogP contribution >= 0.6 is 0 Å². The van der Waals surface area contributed by atoms with Gasteiger partial charge in [0.25, 0.3) is 0 Å². The Hall–Kier alpha value is -1.73. The molecule has 5 atom stereocenters. The Morgan fingerprint density at radius 2 is 2.04 bits per heavy atom. The van der Waals surface area contributed by atoms with Gasteiger partial charge in [0.15, 0.2) is 12.6 Å². The van der Waals surface area contributed by atoms with Gasteiger partial charge < -0.3 is 23.7 Å². The van der Waals surface area contributed by atoms with Crippen LogP contribution in [0.1, 0.15) is 19.8 Å². The highest BCUT2D eigenvalue weighted by Crippen LogP contribution is 2.19. The van der Waals surface area contributed by atoms with E-state index in [2.05, 4.69) is 13.2 Å². The van der Waals surface area contributed by atoms with Crippen LogP contribution in [0.5, 0.6) is 0 Å². The van der Waals surface area contributed by atoms with Crippen LogP contribution in [0.3, 0.4) is 0 Å². The molecule has 0 N–H and O–H groups in total. The molecule has 2 aliphatic heterocycles. The Bertz CT molecular complexity index is 512. The fourth-order valence-corrected chi connectivity index (χ4v) is 2.44. The number of ether oxygens (including phenoxy) is 5. The maximum atomic E-state index is 11.5. The molecule has 2 heterocycles. The first-order valence-corrected chi connectivity index (χ1v) is 8.42. The third-order valence-electron chi connectivity index (χ3n) is 3.68. The minimum atomic E-state index is -0.504. The Morgan fingerprint density at radius 3 is 2.76 bits per heavy atom. The second-order valence-corrected chi connectivity index (χ2v) is 5.77. The topological polar surface area (TPSA) is 63.2 Å². The molecule has 1 unspecified atom stereocenters. The number of hydrogen-bond donors (Lipinski definition) is 0. The van der Waals surface area contributed by atoms with Gasteiger partial charge in [-0.2, -0.15) is 0 Å². The molecule has 138 valence electrons. The summed E-state index contributed by atoms with van der Waals surface area (Å²) in [6, 6.07) is 0. The molecule has 2 rings (SSSR count). The van der Waals surface area contributed by atoms with Gasteiger partial charge in [-0.05, 0) is 19.1 Å². The molecule has 0 fully saturated rings. The van der Waals surface area contributed by atoms with Crippen molar-refractivity contribution in [1.29, 1.82) is 0 Å². The normalized spacial score (nSPS) is 31.5. The van der Waals surface area contributed by atoms with Gasteiger partial charge in [-0.1, -0.05) is 24.3 Å². The first-order valence-electron chi connectivity index (χ1n) is 8.42. The van der Waals surface area contributed by atoms with E-state index in [1.807, 2.05) is 19.1 Å². The lowest BCUT2D eigenvalue weighted by Gasteiger charge is -2.31. The molecule has 0 bridgehead atoms. The van der Waals surface area contributed by atoms with E-state index in [1.165, 1.54) is 6.08 Å². The second kappa shape index (κ2) is 10.3. The number of carbonyl (C=O) groups is 1. The molecule has 0 spiro atoms. The maximum Gasteiger partial charge on any atom is 0.310 e. The molecule has 0 aromatic carbocycles. The smallest absolute Gasteiger partial charge is 0.310 e. The van der Waals surface area contributed by atoms with Crippen LogP contribution in [0.15, 0.2) is 49.6 Å². The first kappa shape index (κ1) is 19.6. The van der Waals surface area contributed by atoms with Gasteiger partial charge in [0.05, 0.1) is 25.7 Å². The average Bonchev–Trinajstić information content (AvgIpc) is 2.61. The molecule has 6 nitrogen and oxygen atoms in total. The molecule has 25 heavy (non-hydrogen) atoms. The predicted octanol–water partition coefficient (Wildman–Crippen LogP) is 2.67. The Labute approximate surface area is 148 Å². The summed E-state index contributed by atoms with van der Waals surface area (Å²) >= 11 is 0. The SMILES string of the molecule is C=CCOC1CC=C[C@@H](CO[C@@H]2C=C[C@H](OC(=O)CC=C)[C@H](C)O2)O1. The van der Waals surface area contributed by atoms with E-state index in [-0.39, 0.29) is 30.9 Å². The van der Waals surface area contributed by atoms with E-state index in [1.54, 1.807) is 18.2 Å². The lowest BCUT2D eigenvalue weighted by Crippen LogP contribution is -2.38. The monoisotopic (exact) mass is 350 g/mol. The van der Waals surface area contributed by atoms with Crippen LogP contribution < -0.4 is 0 Å². The lowest BCUT2D eigenvalue weighted by atomic mass is 10.1. The van der Waals surface area contributed by atoms with E-state index in [9.17, 15) is 4.79 Å². The Morgan fingerprint density at radius 1 is 1.20 bits per heavy atom. The maximum absolute atomic E-state index is 11.5. The van der Waals surface area contributed by atoms with Gasteiger partial charge >= 0.3 is 5.97 Å². The molecule has 0 saturated heterocycles. The summed E-state index contributed by atoms with van der Waals surface area (Å²) in [5.41, 5.74) is 0. The summed E-state index contributed by atoms with van der Waals surface area (Å²) in [5.74, 6) is -0.328. The number of rotatable bonds is 9. The van der Waals surface area contributed by atoms with Crippen molar-refractivity contribution in [2.75, 3.05) is 13.2 Å². The van der Waals surface area contributed by atoms with Crippen molar-refractivity contribution in [3.8, 4) is 0 Å². The quantitative estimate of drug-likeness (QED) is 0.471. The molecular weight excluding hydrogens is 324 g/mol. The van der Waals surface area contributed by atoms with Gasteiger partial charge in [0.1, 0.15) is 12.2 Å². The van der Waals surface area contributed by atoms with Crippen molar-refractivity contribution in [1.82, 2.24) is 0 Å². The van der Waals surface area contributed by atoms with E-state index in [4.69, 9.17) is 23.7 Å². The Balaban J connectivity index is 1.75. The minimum Gasteiger partial charge on any atom is -0.455 e. The van der Waals surface area contributed by atoms with Gasteiger partial charge in [0.2, 0.25) is 0 Å². The van der Waals surface area contributed by atoms with E-state index < -0.39 is 12.4 Å². The van der Waals surface area contributed by atoms with E-state index in [0.29, 0.717) is 19.6 Å². The largest absolute Gasteiger partial charge is 0.455 e. The summed E-state index contributed by atoms with van der Waals surface area (Å²) in [7, 11) is 0. The van der Waals surface area contributed by atoms with Crippen LogP contribution in [-0.2, 0) is 28.5 Å². The van der Waals surface area contributed by atoms with Crippen LogP contribution in [0.25, 0.3) is 0 Å². The molecular formula is C19H26O6. The first-order chi connectivity index (χ1) is 12.1. The zero-order valence-electron chi connectivity index (χ0n) is 14.5. The van der Waals surface area contributed by atoms with Crippen molar-refractivity contribution >= 4 is 5.97 Å². The number of carbonyl (C=O) groups excluding carboxylic acids is 1. The minimum absolute atomic E-state index is 0.178. The fourth-order valence-electron chi connectivity index (χ4n) is 2.44. The average molecular weight is 350 g/mol. The highest BCUT2D eigenvalue weighted by Gasteiger charge is 2.27. The molecule has 2 aliphatic rings. The highest BCUT2D eigenvalue weighted by molar-refractivity contribution is 5.71. The summed E-state index contributed by atoms with van der Waals surface area (Å²) in [4.78, 5) is 11.5. The summed E-state index contributed by atoms with van der Waals surface area (Å²) in [6.45, 7) is 9.76. The van der Waals surface area contributed by atoms with Crippen LogP contribution in [-0.4, -0.2) is 50.1 Å². The van der Waals surface area contributed by atoms with Crippen molar-refractivity contribution in [2.45, 2.75) is 50.7 Å². The standard InChI is InChI=1S/C19H26O6/c1-4-7-17(20)25-16-10-11-19(23-14(16)3)22-13-15-8-6-9-18(24-15)21-12-5-2/h4-6,8,10-11,14-16,18-19H,1-2,7,9,12-13H2,3H3/t14-,15-,16-,18?,19-/m0/s1. The highest BCUT2D eigenvalue weighted by atomic mass is 16.7. The van der Waals surface area contributed by atoms with Gasteiger partial charge in [-0.3, -0.25) is 4.79 Å². The summed E-state index contributed by atoms with van der Waals surface area (Å²) < 4.78 is 28.0. The van der Waals surface area contributed by atoms with Crippen LogP contribution in [0.2, 0.25) is 0 Å². The molecule has 0 amide bonds. The fraction of sp³-hybridized carbons (Fsp3) is 0.526. The molecule has 0 aliphatic carbocycles. The molecule has 6 heteroatoms. The molecule has 0 aromatic heterocycles. The lowest BCUT2D eigenvalue weighted by molar-refractivity contribution is -0.207. The predicted molar refractivity (Wildman–Crippen MR) is 92.7 cm³/mol. The summed E-state index contributed by atoms with van der Waals surface area (Å²) in [6.07, 6.45) is 9.87.